The molecule has 5 nitrogen and oxygen atoms in total. The van der Waals surface area contributed by atoms with Crippen LogP contribution in [0.3, 0.4) is 0 Å². The molecule has 0 radical (unpaired) electrons. The molecule has 1 aliphatic heterocycles. The summed E-state index contributed by atoms with van der Waals surface area (Å²) in [5.74, 6) is 0.298. The molecule has 0 atom stereocenters. The van der Waals surface area contributed by atoms with Crippen molar-refractivity contribution in [3.63, 3.8) is 0 Å². The second kappa shape index (κ2) is 8.48. The molecule has 146 valence electrons. The second-order valence-corrected chi connectivity index (χ2v) is 7.39. The highest BCUT2D eigenvalue weighted by atomic mass is 35.5. The van der Waals surface area contributed by atoms with Crippen LogP contribution in [-0.2, 0) is 9.59 Å². The summed E-state index contributed by atoms with van der Waals surface area (Å²) in [5.41, 5.74) is 1.99. The summed E-state index contributed by atoms with van der Waals surface area (Å²) in [7, 11) is 0. The standard InChI is InChI=1S/C22H23ClN2O3/c1-4-28-18-11-9-17(10-12-18)24-20-19(15-5-7-16(23)8-6-15)21(26)25(22(20)27)13-14(2)3/h5-12,14,24H,4,13H2,1-3H3. The number of hydrogen-bond acceptors (Lipinski definition) is 4. The lowest BCUT2D eigenvalue weighted by Gasteiger charge is -2.17. The van der Waals surface area contributed by atoms with Crippen LogP contribution in [0.15, 0.2) is 54.2 Å². The third-order valence-corrected chi connectivity index (χ3v) is 4.54. The first kappa shape index (κ1) is 20.0. The Labute approximate surface area is 169 Å². The summed E-state index contributed by atoms with van der Waals surface area (Å²) in [6.45, 7) is 6.81. The number of nitrogens with one attached hydrogen (secondary N) is 1. The van der Waals surface area contributed by atoms with E-state index in [1.165, 1.54) is 4.90 Å². The van der Waals surface area contributed by atoms with Crippen molar-refractivity contribution < 1.29 is 14.3 Å². The molecule has 3 rings (SSSR count). The number of imide groups is 1. The monoisotopic (exact) mass is 398 g/mol. The molecule has 1 heterocycles. The summed E-state index contributed by atoms with van der Waals surface area (Å²) >= 11 is 5.98. The van der Waals surface area contributed by atoms with E-state index in [1.54, 1.807) is 24.3 Å². The van der Waals surface area contributed by atoms with Gasteiger partial charge < -0.3 is 10.1 Å². The van der Waals surface area contributed by atoms with Crippen molar-refractivity contribution in [3.05, 3.63) is 64.8 Å². The first-order valence-electron chi connectivity index (χ1n) is 9.27. The first-order chi connectivity index (χ1) is 13.4. The molecule has 28 heavy (non-hydrogen) atoms. The highest BCUT2D eigenvalue weighted by Crippen LogP contribution is 2.32. The molecule has 0 saturated heterocycles. The van der Waals surface area contributed by atoms with Crippen LogP contribution in [0.5, 0.6) is 5.75 Å². The number of anilines is 1. The lowest BCUT2D eigenvalue weighted by molar-refractivity contribution is -0.137. The van der Waals surface area contributed by atoms with Gasteiger partial charge in [0.2, 0.25) is 0 Å². The quantitative estimate of drug-likeness (QED) is 0.693. The molecule has 2 aromatic carbocycles. The van der Waals surface area contributed by atoms with E-state index in [9.17, 15) is 9.59 Å². The van der Waals surface area contributed by atoms with Crippen LogP contribution in [0.4, 0.5) is 5.69 Å². The van der Waals surface area contributed by atoms with Crippen LogP contribution in [0.1, 0.15) is 26.3 Å². The van der Waals surface area contributed by atoms with Crippen molar-refractivity contribution in [3.8, 4) is 5.75 Å². The number of carbonyl (C=O) groups is 2. The largest absolute Gasteiger partial charge is 0.494 e. The predicted octanol–water partition coefficient (Wildman–Crippen LogP) is 4.59. The van der Waals surface area contributed by atoms with Gasteiger partial charge in [-0.1, -0.05) is 37.6 Å². The van der Waals surface area contributed by atoms with E-state index in [2.05, 4.69) is 5.32 Å². The van der Waals surface area contributed by atoms with Gasteiger partial charge in [-0.2, -0.15) is 0 Å². The Morgan fingerprint density at radius 3 is 2.21 bits per heavy atom. The zero-order chi connectivity index (χ0) is 20.3. The number of nitrogens with zero attached hydrogens (tertiary/aromatic N) is 1. The van der Waals surface area contributed by atoms with E-state index in [4.69, 9.17) is 16.3 Å². The number of ether oxygens (including phenoxy) is 1. The van der Waals surface area contributed by atoms with Gasteiger partial charge in [0.15, 0.2) is 0 Å². The molecular weight excluding hydrogens is 376 g/mol. The average Bonchev–Trinajstić information content (AvgIpc) is 2.88. The SMILES string of the molecule is CCOc1ccc(NC2=C(c3ccc(Cl)cc3)C(=O)N(CC(C)C)C2=O)cc1. The highest BCUT2D eigenvalue weighted by molar-refractivity contribution is 6.36. The normalized spacial score (nSPS) is 14.2. The van der Waals surface area contributed by atoms with E-state index in [0.717, 1.165) is 5.75 Å². The van der Waals surface area contributed by atoms with Crippen LogP contribution < -0.4 is 10.1 Å². The van der Waals surface area contributed by atoms with Crippen molar-refractivity contribution in [2.45, 2.75) is 20.8 Å². The maximum absolute atomic E-state index is 13.0. The van der Waals surface area contributed by atoms with E-state index < -0.39 is 0 Å². The lowest BCUT2D eigenvalue weighted by Crippen LogP contribution is -2.35. The Bertz CT molecular complexity index is 902. The zero-order valence-electron chi connectivity index (χ0n) is 16.2. The minimum absolute atomic E-state index is 0.171. The molecule has 2 aromatic rings. The van der Waals surface area contributed by atoms with Gasteiger partial charge in [0, 0.05) is 17.3 Å². The molecular formula is C22H23ClN2O3. The molecule has 1 aliphatic rings. The average molecular weight is 399 g/mol. The maximum atomic E-state index is 13.0. The van der Waals surface area contributed by atoms with Crippen molar-refractivity contribution in [1.29, 1.82) is 0 Å². The molecule has 0 saturated carbocycles. The summed E-state index contributed by atoms with van der Waals surface area (Å²) < 4.78 is 5.45. The van der Waals surface area contributed by atoms with Crippen molar-refractivity contribution in [2.75, 3.05) is 18.5 Å². The van der Waals surface area contributed by atoms with Crippen molar-refractivity contribution in [1.82, 2.24) is 4.90 Å². The lowest BCUT2D eigenvalue weighted by atomic mass is 10.0. The topological polar surface area (TPSA) is 58.6 Å². The molecule has 0 bridgehead atoms. The summed E-state index contributed by atoms with van der Waals surface area (Å²) in [6, 6.07) is 14.2. The first-order valence-corrected chi connectivity index (χ1v) is 9.64. The summed E-state index contributed by atoms with van der Waals surface area (Å²) in [6.07, 6.45) is 0. The van der Waals surface area contributed by atoms with Gasteiger partial charge >= 0.3 is 0 Å². The fourth-order valence-corrected chi connectivity index (χ4v) is 3.18. The number of benzene rings is 2. The molecule has 0 unspecified atom stereocenters. The van der Waals surface area contributed by atoms with Gasteiger partial charge in [0.25, 0.3) is 11.8 Å². The minimum Gasteiger partial charge on any atom is -0.494 e. The fourth-order valence-electron chi connectivity index (χ4n) is 3.05. The van der Waals surface area contributed by atoms with Crippen LogP contribution in [0.2, 0.25) is 5.02 Å². The highest BCUT2D eigenvalue weighted by Gasteiger charge is 2.39. The Morgan fingerprint density at radius 2 is 1.64 bits per heavy atom. The summed E-state index contributed by atoms with van der Waals surface area (Å²) in [4.78, 5) is 27.3. The second-order valence-electron chi connectivity index (χ2n) is 6.95. The number of amides is 2. The fraction of sp³-hybridized carbons (Fsp3) is 0.273. The van der Waals surface area contributed by atoms with Crippen molar-refractivity contribution in [2.24, 2.45) is 5.92 Å². The Hall–Kier alpha value is -2.79. The van der Waals surface area contributed by atoms with E-state index in [-0.39, 0.29) is 23.4 Å². The van der Waals surface area contributed by atoms with Gasteiger partial charge in [-0.3, -0.25) is 14.5 Å². The third kappa shape index (κ3) is 4.20. The van der Waals surface area contributed by atoms with Crippen LogP contribution in [0.25, 0.3) is 5.57 Å². The molecule has 0 aromatic heterocycles. The van der Waals surface area contributed by atoms with Gasteiger partial charge in [-0.05, 0) is 54.8 Å². The zero-order valence-corrected chi connectivity index (χ0v) is 16.9. The van der Waals surface area contributed by atoms with Crippen LogP contribution in [-0.4, -0.2) is 29.9 Å². The van der Waals surface area contributed by atoms with Crippen LogP contribution in [0, 0.1) is 5.92 Å². The van der Waals surface area contributed by atoms with Gasteiger partial charge in [-0.15, -0.1) is 0 Å². The van der Waals surface area contributed by atoms with Crippen molar-refractivity contribution >= 4 is 34.7 Å². The number of carbonyl (C=O) groups excluding carboxylic acids is 2. The molecule has 0 fully saturated rings. The predicted molar refractivity (Wildman–Crippen MR) is 111 cm³/mol. The number of hydrogen-bond donors (Lipinski definition) is 1. The Kier molecular flexibility index (Phi) is 6.05. The van der Waals surface area contributed by atoms with Gasteiger partial charge in [0.1, 0.15) is 11.4 Å². The van der Waals surface area contributed by atoms with Gasteiger partial charge in [0.05, 0.1) is 12.2 Å². The maximum Gasteiger partial charge on any atom is 0.278 e. The van der Waals surface area contributed by atoms with Gasteiger partial charge in [-0.25, -0.2) is 0 Å². The number of rotatable bonds is 7. The minimum atomic E-state index is -0.322. The summed E-state index contributed by atoms with van der Waals surface area (Å²) in [5, 5.41) is 3.71. The molecule has 0 spiro atoms. The Morgan fingerprint density at radius 1 is 1.00 bits per heavy atom. The number of halogens is 1. The van der Waals surface area contributed by atoms with E-state index in [0.29, 0.717) is 35.0 Å². The molecule has 0 aliphatic carbocycles. The third-order valence-electron chi connectivity index (χ3n) is 4.28. The van der Waals surface area contributed by atoms with Crippen LogP contribution >= 0.6 is 11.6 Å². The molecule has 1 N–H and O–H groups in total. The molecule has 2 amide bonds. The molecule has 6 heteroatoms. The smallest absolute Gasteiger partial charge is 0.278 e. The van der Waals surface area contributed by atoms with E-state index in [1.807, 2.05) is 45.0 Å². The Balaban J connectivity index is 1.98. The van der Waals surface area contributed by atoms with E-state index >= 15 is 0 Å².